The number of halogens is 2. The van der Waals surface area contributed by atoms with E-state index >= 15 is 0 Å². The van der Waals surface area contributed by atoms with Crippen molar-refractivity contribution in [1.29, 1.82) is 0 Å². The summed E-state index contributed by atoms with van der Waals surface area (Å²) in [5.41, 5.74) is 0. The molecule has 0 saturated heterocycles. The second-order valence-electron chi connectivity index (χ2n) is 4.39. The van der Waals surface area contributed by atoms with Crippen LogP contribution in [-0.2, 0) is 14.8 Å². The Hall–Kier alpha value is -1.02. The highest BCUT2D eigenvalue weighted by atomic mass is 35.5. The molecule has 3 N–H and O–H groups in total. The SMILES string of the molecule is NS(=O)(=O)c1cc(Cl)c(OCC(=O)NC2CC2)c(Cl)c1. The Morgan fingerprint density at radius 1 is 1.35 bits per heavy atom. The van der Waals surface area contributed by atoms with E-state index in [1.165, 1.54) is 0 Å². The molecule has 0 atom stereocenters. The Balaban J connectivity index is 2.09. The zero-order chi connectivity index (χ0) is 14.9. The molecule has 2 rings (SSSR count). The van der Waals surface area contributed by atoms with Crippen LogP contribution in [-0.4, -0.2) is 27.0 Å². The average Bonchev–Trinajstić information content (AvgIpc) is 3.10. The van der Waals surface area contributed by atoms with Gasteiger partial charge in [-0.3, -0.25) is 4.79 Å². The summed E-state index contributed by atoms with van der Waals surface area (Å²) in [5, 5.41) is 7.66. The normalized spacial score (nSPS) is 14.9. The lowest BCUT2D eigenvalue weighted by molar-refractivity contribution is -0.123. The summed E-state index contributed by atoms with van der Waals surface area (Å²) in [5.74, 6) is -0.234. The zero-order valence-corrected chi connectivity index (χ0v) is 12.6. The summed E-state index contributed by atoms with van der Waals surface area (Å²) in [7, 11) is -3.91. The summed E-state index contributed by atoms with van der Waals surface area (Å²) in [4.78, 5) is 11.3. The minimum absolute atomic E-state index is 0.0271. The maximum Gasteiger partial charge on any atom is 0.258 e. The molecule has 0 heterocycles. The number of nitrogens with one attached hydrogen (secondary N) is 1. The van der Waals surface area contributed by atoms with Crippen LogP contribution in [0.25, 0.3) is 0 Å². The number of primary sulfonamides is 1. The Morgan fingerprint density at radius 3 is 2.35 bits per heavy atom. The number of amides is 1. The topological polar surface area (TPSA) is 98.5 Å². The summed E-state index contributed by atoms with van der Waals surface area (Å²) in [6, 6.07) is 2.47. The molecule has 1 aliphatic rings. The molecule has 9 heteroatoms. The van der Waals surface area contributed by atoms with Crippen molar-refractivity contribution in [3.8, 4) is 5.75 Å². The van der Waals surface area contributed by atoms with Gasteiger partial charge in [-0.1, -0.05) is 23.2 Å². The van der Waals surface area contributed by atoms with Crippen molar-refractivity contribution in [3.63, 3.8) is 0 Å². The predicted octanol–water partition coefficient (Wildman–Crippen LogP) is 1.30. The van der Waals surface area contributed by atoms with E-state index in [1.807, 2.05) is 0 Å². The number of carbonyl (C=O) groups excluding carboxylic acids is 1. The Morgan fingerprint density at radius 2 is 1.90 bits per heavy atom. The molecule has 0 bridgehead atoms. The monoisotopic (exact) mass is 338 g/mol. The van der Waals surface area contributed by atoms with E-state index in [9.17, 15) is 13.2 Å². The van der Waals surface area contributed by atoms with Gasteiger partial charge in [0.05, 0.1) is 14.9 Å². The van der Waals surface area contributed by atoms with Crippen LogP contribution in [0.1, 0.15) is 12.8 Å². The largest absolute Gasteiger partial charge is 0.481 e. The number of hydrogen-bond acceptors (Lipinski definition) is 4. The van der Waals surface area contributed by atoms with E-state index in [1.54, 1.807) is 0 Å². The molecule has 0 unspecified atom stereocenters. The van der Waals surface area contributed by atoms with Crippen LogP contribution in [0.15, 0.2) is 17.0 Å². The molecule has 0 aliphatic heterocycles. The molecular formula is C11H12Cl2N2O4S. The third-order valence-electron chi connectivity index (χ3n) is 2.59. The average molecular weight is 339 g/mol. The fourth-order valence-corrected chi connectivity index (χ4v) is 2.76. The number of ether oxygens (including phenoxy) is 1. The number of sulfonamides is 1. The minimum atomic E-state index is -3.91. The third kappa shape index (κ3) is 3.99. The Bertz CT molecular complexity index is 621. The molecule has 1 aromatic carbocycles. The lowest BCUT2D eigenvalue weighted by Gasteiger charge is -2.11. The van der Waals surface area contributed by atoms with Gasteiger partial charge < -0.3 is 10.1 Å². The van der Waals surface area contributed by atoms with Crippen LogP contribution in [0.5, 0.6) is 5.75 Å². The van der Waals surface area contributed by atoms with Gasteiger partial charge in [0, 0.05) is 6.04 Å². The molecule has 110 valence electrons. The third-order valence-corrected chi connectivity index (χ3v) is 4.04. The van der Waals surface area contributed by atoms with Crippen molar-refractivity contribution in [2.45, 2.75) is 23.8 Å². The standard InChI is InChI=1S/C11H12Cl2N2O4S/c12-8-3-7(20(14,17)18)4-9(13)11(8)19-5-10(16)15-6-1-2-6/h3-4,6H,1-2,5H2,(H,15,16)(H2,14,17,18). The molecule has 1 saturated carbocycles. The van der Waals surface area contributed by atoms with E-state index in [0.717, 1.165) is 25.0 Å². The van der Waals surface area contributed by atoms with E-state index in [-0.39, 0.29) is 39.2 Å². The van der Waals surface area contributed by atoms with Crippen LogP contribution in [0.4, 0.5) is 0 Å². The van der Waals surface area contributed by atoms with Gasteiger partial charge in [-0.05, 0) is 25.0 Å². The first-order valence-electron chi connectivity index (χ1n) is 5.71. The van der Waals surface area contributed by atoms with E-state index in [2.05, 4.69) is 5.32 Å². The first-order valence-corrected chi connectivity index (χ1v) is 8.01. The minimum Gasteiger partial charge on any atom is -0.481 e. The maximum absolute atomic E-state index is 11.5. The predicted molar refractivity (Wildman–Crippen MR) is 74.5 cm³/mol. The zero-order valence-electron chi connectivity index (χ0n) is 10.2. The van der Waals surface area contributed by atoms with Crippen LogP contribution < -0.4 is 15.2 Å². The highest BCUT2D eigenvalue weighted by Gasteiger charge is 2.23. The van der Waals surface area contributed by atoms with Gasteiger partial charge in [-0.25, -0.2) is 13.6 Å². The maximum atomic E-state index is 11.5. The van der Waals surface area contributed by atoms with Crippen LogP contribution >= 0.6 is 23.2 Å². The van der Waals surface area contributed by atoms with Gasteiger partial charge in [0.1, 0.15) is 0 Å². The molecule has 1 amide bonds. The lowest BCUT2D eigenvalue weighted by atomic mass is 10.3. The first kappa shape index (κ1) is 15.4. The van der Waals surface area contributed by atoms with Crippen molar-refractivity contribution in [2.75, 3.05) is 6.61 Å². The van der Waals surface area contributed by atoms with Crippen LogP contribution in [0, 0.1) is 0 Å². The van der Waals surface area contributed by atoms with Crippen LogP contribution in [0.2, 0.25) is 10.0 Å². The molecule has 0 aromatic heterocycles. The lowest BCUT2D eigenvalue weighted by Crippen LogP contribution is -2.30. The van der Waals surface area contributed by atoms with Gasteiger partial charge in [0.2, 0.25) is 10.0 Å². The number of benzene rings is 1. The van der Waals surface area contributed by atoms with E-state index in [4.69, 9.17) is 33.1 Å². The fraction of sp³-hybridized carbons (Fsp3) is 0.364. The van der Waals surface area contributed by atoms with Crippen molar-refractivity contribution in [1.82, 2.24) is 5.32 Å². The van der Waals surface area contributed by atoms with Gasteiger partial charge in [-0.2, -0.15) is 0 Å². The number of carbonyl (C=O) groups is 1. The van der Waals surface area contributed by atoms with Crippen molar-refractivity contribution >= 4 is 39.1 Å². The molecule has 1 aliphatic carbocycles. The van der Waals surface area contributed by atoms with Gasteiger partial charge in [-0.15, -0.1) is 0 Å². The van der Waals surface area contributed by atoms with Crippen LogP contribution in [0.3, 0.4) is 0 Å². The van der Waals surface area contributed by atoms with Crippen molar-refractivity contribution in [3.05, 3.63) is 22.2 Å². The Kier molecular flexibility index (Phi) is 4.43. The summed E-state index contributed by atoms with van der Waals surface area (Å²) in [6.45, 7) is -0.245. The number of rotatable bonds is 5. The second-order valence-corrected chi connectivity index (χ2v) is 6.77. The van der Waals surface area contributed by atoms with E-state index in [0.29, 0.717) is 0 Å². The molecule has 6 nitrogen and oxygen atoms in total. The number of nitrogens with two attached hydrogens (primary N) is 1. The van der Waals surface area contributed by atoms with Gasteiger partial charge in [0.25, 0.3) is 5.91 Å². The quantitative estimate of drug-likeness (QED) is 0.845. The summed E-state index contributed by atoms with van der Waals surface area (Å²) < 4.78 is 27.6. The van der Waals surface area contributed by atoms with E-state index < -0.39 is 10.0 Å². The summed E-state index contributed by atoms with van der Waals surface area (Å²) in [6.07, 6.45) is 1.94. The highest BCUT2D eigenvalue weighted by molar-refractivity contribution is 7.89. The molecule has 0 radical (unpaired) electrons. The smallest absolute Gasteiger partial charge is 0.258 e. The molecular weight excluding hydrogens is 327 g/mol. The van der Waals surface area contributed by atoms with Gasteiger partial charge in [0.15, 0.2) is 12.4 Å². The number of hydrogen-bond donors (Lipinski definition) is 2. The highest BCUT2D eigenvalue weighted by Crippen LogP contribution is 2.35. The molecule has 1 aromatic rings. The molecule has 1 fully saturated rings. The molecule has 0 spiro atoms. The molecule has 20 heavy (non-hydrogen) atoms. The van der Waals surface area contributed by atoms with Crippen molar-refractivity contribution in [2.24, 2.45) is 5.14 Å². The van der Waals surface area contributed by atoms with Crippen molar-refractivity contribution < 1.29 is 17.9 Å². The second kappa shape index (κ2) is 5.77. The Labute approximate surface area is 126 Å². The summed E-state index contributed by atoms with van der Waals surface area (Å²) >= 11 is 11.8. The fourth-order valence-electron chi connectivity index (χ4n) is 1.47. The van der Waals surface area contributed by atoms with Gasteiger partial charge >= 0.3 is 0 Å². The first-order chi connectivity index (χ1) is 9.27.